The van der Waals surface area contributed by atoms with Gasteiger partial charge in [-0.05, 0) is 55.5 Å². The molecule has 0 radical (unpaired) electrons. The van der Waals surface area contributed by atoms with Gasteiger partial charge in [-0.3, -0.25) is 0 Å². The average Bonchev–Trinajstić information content (AvgIpc) is 2.68. The van der Waals surface area contributed by atoms with Gasteiger partial charge in [0.15, 0.2) is 6.73 Å². The highest BCUT2D eigenvalue weighted by Gasteiger charge is 2.28. The van der Waals surface area contributed by atoms with Gasteiger partial charge < -0.3 is 14.1 Å². The molecule has 144 valence electrons. The number of aryl methyl sites for hydroxylation is 1. The van der Waals surface area contributed by atoms with Crippen LogP contribution >= 0.6 is 34.8 Å². The molecular weight excluding hydrogens is 421 g/mol. The summed E-state index contributed by atoms with van der Waals surface area (Å²) in [6.07, 6.45) is 3.69. The van der Waals surface area contributed by atoms with E-state index in [2.05, 4.69) is 0 Å². The highest BCUT2D eigenvalue weighted by molar-refractivity contribution is 6.35. The van der Waals surface area contributed by atoms with Crippen LogP contribution in [0.5, 0.6) is 5.75 Å². The van der Waals surface area contributed by atoms with Crippen LogP contribution in [0.4, 0.5) is 5.69 Å². The maximum absolute atomic E-state index is 12.6. The van der Waals surface area contributed by atoms with Gasteiger partial charge in [-0.25, -0.2) is 4.79 Å². The molecule has 1 aliphatic heterocycles. The molecule has 1 aliphatic carbocycles. The van der Waals surface area contributed by atoms with Crippen molar-refractivity contribution in [3.05, 3.63) is 66.4 Å². The van der Waals surface area contributed by atoms with Gasteiger partial charge in [-0.15, -0.1) is 0 Å². The molecule has 2 heterocycles. The highest BCUT2D eigenvalue weighted by atomic mass is 35.5. The second-order valence-corrected chi connectivity index (χ2v) is 8.48. The van der Waals surface area contributed by atoms with Crippen molar-refractivity contribution in [2.24, 2.45) is 0 Å². The summed E-state index contributed by atoms with van der Waals surface area (Å²) >= 11 is 18.9. The van der Waals surface area contributed by atoms with Crippen molar-refractivity contribution in [1.29, 1.82) is 0 Å². The SMILES string of the molecule is O=c1oc2c3c(c(Cl)cc2c2c1CCCC2)OCN(c1cc(Cl)cc(Cl)c1)C3. The Morgan fingerprint density at radius 3 is 2.36 bits per heavy atom. The number of fused-ring (bicyclic) bond motifs is 5. The second kappa shape index (κ2) is 6.87. The quantitative estimate of drug-likeness (QED) is 0.440. The molecule has 0 N–H and O–H groups in total. The Kier molecular flexibility index (Phi) is 4.46. The largest absolute Gasteiger partial charge is 0.471 e. The fourth-order valence-corrected chi connectivity index (χ4v) is 4.95. The number of hydrogen-bond acceptors (Lipinski definition) is 4. The van der Waals surface area contributed by atoms with Crippen LogP contribution in [0, 0.1) is 0 Å². The molecule has 0 bridgehead atoms. The molecule has 0 saturated carbocycles. The summed E-state index contributed by atoms with van der Waals surface area (Å²) in [7, 11) is 0. The van der Waals surface area contributed by atoms with Crippen molar-refractivity contribution in [1.82, 2.24) is 0 Å². The summed E-state index contributed by atoms with van der Waals surface area (Å²) in [5.74, 6) is 0.567. The second-order valence-electron chi connectivity index (χ2n) is 7.20. The molecule has 2 aliphatic rings. The summed E-state index contributed by atoms with van der Waals surface area (Å²) in [4.78, 5) is 14.6. The smallest absolute Gasteiger partial charge is 0.339 e. The van der Waals surface area contributed by atoms with E-state index < -0.39 is 0 Å². The molecule has 3 aromatic rings. The van der Waals surface area contributed by atoms with Crippen molar-refractivity contribution < 1.29 is 9.15 Å². The van der Waals surface area contributed by atoms with Crippen molar-refractivity contribution in [3.8, 4) is 5.75 Å². The van der Waals surface area contributed by atoms with Crippen LogP contribution in [0.1, 0.15) is 29.5 Å². The number of rotatable bonds is 1. The number of anilines is 1. The molecule has 0 amide bonds. The number of halogens is 3. The summed E-state index contributed by atoms with van der Waals surface area (Å²) < 4.78 is 11.7. The minimum Gasteiger partial charge on any atom is -0.471 e. The fraction of sp³-hybridized carbons (Fsp3) is 0.286. The fourth-order valence-electron chi connectivity index (χ4n) is 4.16. The highest BCUT2D eigenvalue weighted by Crippen LogP contribution is 2.42. The van der Waals surface area contributed by atoms with Crippen LogP contribution in [0.2, 0.25) is 15.1 Å². The molecule has 5 rings (SSSR count). The van der Waals surface area contributed by atoms with E-state index in [1.165, 1.54) is 0 Å². The molecule has 0 saturated heterocycles. The molecule has 2 aromatic carbocycles. The molecule has 7 heteroatoms. The lowest BCUT2D eigenvalue weighted by Crippen LogP contribution is -2.32. The third-order valence-corrected chi connectivity index (χ3v) is 6.16. The van der Waals surface area contributed by atoms with Crippen LogP contribution < -0.4 is 15.3 Å². The first kappa shape index (κ1) is 18.2. The standard InChI is InChI=1S/C21H16Cl3NO3/c22-11-5-12(23)7-13(6-11)25-9-17-19-16(8-18(24)20(17)27-10-25)14-3-1-2-4-15(14)21(26)28-19/h5-8H,1-4,9-10H2. The summed E-state index contributed by atoms with van der Waals surface area (Å²) in [6.45, 7) is 0.773. The Hall–Kier alpha value is -1.88. The lowest BCUT2D eigenvalue weighted by atomic mass is 9.90. The van der Waals surface area contributed by atoms with Crippen LogP contribution in [0.15, 0.2) is 33.5 Å². The van der Waals surface area contributed by atoms with Crippen molar-refractivity contribution in [2.45, 2.75) is 32.2 Å². The van der Waals surface area contributed by atoms with Gasteiger partial charge in [-0.1, -0.05) is 34.8 Å². The van der Waals surface area contributed by atoms with Crippen molar-refractivity contribution in [2.75, 3.05) is 11.6 Å². The normalized spacial score (nSPS) is 15.9. The van der Waals surface area contributed by atoms with Gasteiger partial charge in [-0.2, -0.15) is 0 Å². The predicted molar refractivity (Wildman–Crippen MR) is 112 cm³/mol. The number of benzene rings is 2. The van der Waals surface area contributed by atoms with E-state index in [1.807, 2.05) is 23.1 Å². The zero-order valence-electron chi connectivity index (χ0n) is 14.9. The average molecular weight is 437 g/mol. The third-order valence-electron chi connectivity index (χ3n) is 5.44. The zero-order valence-corrected chi connectivity index (χ0v) is 17.1. The minimum absolute atomic E-state index is 0.255. The Bertz CT molecular complexity index is 1150. The first-order valence-corrected chi connectivity index (χ1v) is 10.3. The molecule has 0 unspecified atom stereocenters. The first-order chi connectivity index (χ1) is 13.5. The van der Waals surface area contributed by atoms with E-state index in [0.29, 0.717) is 39.7 Å². The van der Waals surface area contributed by atoms with Gasteiger partial charge >= 0.3 is 5.63 Å². The first-order valence-electron chi connectivity index (χ1n) is 9.15. The van der Waals surface area contributed by atoms with E-state index >= 15 is 0 Å². The van der Waals surface area contributed by atoms with Crippen LogP contribution in [-0.4, -0.2) is 6.73 Å². The van der Waals surface area contributed by atoms with Gasteiger partial charge in [0.1, 0.15) is 11.3 Å². The minimum atomic E-state index is -0.255. The van der Waals surface area contributed by atoms with E-state index in [9.17, 15) is 4.79 Å². The van der Waals surface area contributed by atoms with E-state index in [1.54, 1.807) is 6.07 Å². The van der Waals surface area contributed by atoms with Crippen molar-refractivity contribution >= 4 is 51.5 Å². The maximum Gasteiger partial charge on any atom is 0.339 e. The molecule has 1 aromatic heterocycles. The Morgan fingerprint density at radius 2 is 1.61 bits per heavy atom. The van der Waals surface area contributed by atoms with Crippen LogP contribution in [0.25, 0.3) is 11.0 Å². The molecule has 0 fully saturated rings. The molecule has 4 nitrogen and oxygen atoms in total. The zero-order chi connectivity index (χ0) is 19.4. The Morgan fingerprint density at radius 1 is 0.893 bits per heavy atom. The molecular formula is C21H16Cl3NO3. The summed E-state index contributed by atoms with van der Waals surface area (Å²) in [5, 5.41) is 2.54. The van der Waals surface area contributed by atoms with Crippen molar-refractivity contribution in [3.63, 3.8) is 0 Å². The Balaban J connectivity index is 1.69. The van der Waals surface area contributed by atoms with E-state index in [4.69, 9.17) is 44.0 Å². The van der Waals surface area contributed by atoms with E-state index in [0.717, 1.165) is 53.4 Å². The predicted octanol–water partition coefficient (Wildman–Crippen LogP) is 5.99. The number of nitrogens with zero attached hydrogens (tertiary/aromatic N) is 1. The topological polar surface area (TPSA) is 42.7 Å². The van der Waals surface area contributed by atoms with Gasteiger partial charge in [0.05, 0.1) is 17.1 Å². The molecule has 0 spiro atoms. The maximum atomic E-state index is 12.6. The molecule has 0 atom stereocenters. The van der Waals surface area contributed by atoms with Gasteiger partial charge in [0.2, 0.25) is 0 Å². The van der Waals surface area contributed by atoms with Crippen LogP contribution in [0.3, 0.4) is 0 Å². The summed E-state index contributed by atoms with van der Waals surface area (Å²) in [6, 6.07) is 7.21. The van der Waals surface area contributed by atoms with Gasteiger partial charge in [0, 0.05) is 26.7 Å². The number of ether oxygens (including phenoxy) is 1. The third kappa shape index (κ3) is 2.95. The molecule has 28 heavy (non-hydrogen) atoms. The number of hydrogen-bond donors (Lipinski definition) is 0. The van der Waals surface area contributed by atoms with Crippen LogP contribution in [-0.2, 0) is 19.4 Å². The lowest BCUT2D eigenvalue weighted by molar-refractivity contribution is 0.289. The van der Waals surface area contributed by atoms with Gasteiger partial charge in [0.25, 0.3) is 0 Å². The monoisotopic (exact) mass is 435 g/mol. The Labute approximate surface area is 176 Å². The van der Waals surface area contributed by atoms with E-state index in [-0.39, 0.29) is 5.63 Å². The lowest BCUT2D eigenvalue weighted by Gasteiger charge is -2.32. The summed E-state index contributed by atoms with van der Waals surface area (Å²) in [5.41, 5.74) is 3.75.